The molecular formula is C8H11ClN2. The van der Waals surface area contributed by atoms with E-state index in [1.807, 2.05) is 6.07 Å². The molecule has 3 heteroatoms. The quantitative estimate of drug-likeness (QED) is 0.511. The lowest BCUT2D eigenvalue weighted by Gasteiger charge is -1.95. The summed E-state index contributed by atoms with van der Waals surface area (Å²) in [6, 6.07) is 1.82. The van der Waals surface area contributed by atoms with Gasteiger partial charge in [0.2, 0.25) is 0 Å². The molecule has 0 aliphatic heterocycles. The average molecular weight is 171 g/mol. The number of alkyl halides is 1. The van der Waals surface area contributed by atoms with E-state index in [-0.39, 0.29) is 0 Å². The van der Waals surface area contributed by atoms with Gasteiger partial charge in [-0.3, -0.25) is 0 Å². The summed E-state index contributed by atoms with van der Waals surface area (Å²) in [6.07, 6.45) is 6.59. The van der Waals surface area contributed by atoms with Crippen molar-refractivity contribution in [3.63, 3.8) is 0 Å². The monoisotopic (exact) mass is 170 g/mol. The van der Waals surface area contributed by atoms with E-state index in [4.69, 9.17) is 11.6 Å². The highest BCUT2D eigenvalue weighted by Gasteiger charge is 1.92. The fourth-order valence-corrected chi connectivity index (χ4v) is 1.03. The van der Waals surface area contributed by atoms with Crippen molar-refractivity contribution in [2.45, 2.75) is 19.3 Å². The Kier molecular flexibility index (Phi) is 3.91. The summed E-state index contributed by atoms with van der Waals surface area (Å²) in [5.41, 5.74) is 0. The van der Waals surface area contributed by atoms with Gasteiger partial charge in [0.25, 0.3) is 0 Å². The summed E-state index contributed by atoms with van der Waals surface area (Å²) in [5, 5.41) is 0. The van der Waals surface area contributed by atoms with Crippen molar-refractivity contribution in [3.8, 4) is 0 Å². The molecular weight excluding hydrogens is 160 g/mol. The van der Waals surface area contributed by atoms with Crippen LogP contribution in [-0.2, 0) is 6.42 Å². The van der Waals surface area contributed by atoms with Crippen LogP contribution in [0.2, 0.25) is 0 Å². The van der Waals surface area contributed by atoms with Crippen molar-refractivity contribution in [1.82, 2.24) is 9.97 Å². The van der Waals surface area contributed by atoms with Crippen LogP contribution in [0.1, 0.15) is 18.7 Å². The van der Waals surface area contributed by atoms with Gasteiger partial charge in [-0.1, -0.05) is 0 Å². The van der Waals surface area contributed by atoms with E-state index in [9.17, 15) is 0 Å². The fraction of sp³-hybridized carbons (Fsp3) is 0.500. The first kappa shape index (κ1) is 8.47. The van der Waals surface area contributed by atoms with Gasteiger partial charge in [0.1, 0.15) is 5.82 Å². The zero-order valence-electron chi connectivity index (χ0n) is 6.33. The molecule has 0 spiro atoms. The molecule has 0 aliphatic carbocycles. The van der Waals surface area contributed by atoms with Gasteiger partial charge in [-0.15, -0.1) is 11.6 Å². The van der Waals surface area contributed by atoms with Crippen molar-refractivity contribution < 1.29 is 0 Å². The van der Waals surface area contributed by atoms with Crippen molar-refractivity contribution in [2.75, 3.05) is 5.88 Å². The number of hydrogen-bond donors (Lipinski definition) is 0. The van der Waals surface area contributed by atoms with E-state index < -0.39 is 0 Å². The van der Waals surface area contributed by atoms with Crippen LogP contribution >= 0.6 is 11.6 Å². The van der Waals surface area contributed by atoms with Crippen LogP contribution in [0.3, 0.4) is 0 Å². The molecule has 0 atom stereocenters. The van der Waals surface area contributed by atoms with Gasteiger partial charge in [-0.05, 0) is 18.9 Å². The predicted molar refractivity (Wildman–Crippen MR) is 45.7 cm³/mol. The molecule has 0 bridgehead atoms. The molecule has 0 radical (unpaired) electrons. The minimum atomic E-state index is 0.729. The second kappa shape index (κ2) is 5.08. The molecule has 0 saturated carbocycles. The molecule has 1 aromatic rings. The summed E-state index contributed by atoms with van der Waals surface area (Å²) in [5.74, 6) is 1.64. The molecule has 0 saturated heterocycles. The van der Waals surface area contributed by atoms with Crippen LogP contribution in [-0.4, -0.2) is 15.8 Å². The summed E-state index contributed by atoms with van der Waals surface area (Å²) in [7, 11) is 0. The topological polar surface area (TPSA) is 25.8 Å². The number of hydrogen-bond acceptors (Lipinski definition) is 2. The number of aryl methyl sites for hydroxylation is 1. The van der Waals surface area contributed by atoms with Gasteiger partial charge in [-0.25, -0.2) is 9.97 Å². The van der Waals surface area contributed by atoms with Crippen LogP contribution in [0.4, 0.5) is 0 Å². The minimum absolute atomic E-state index is 0.729. The maximum atomic E-state index is 5.53. The molecule has 60 valence electrons. The lowest BCUT2D eigenvalue weighted by molar-refractivity contribution is 0.755. The van der Waals surface area contributed by atoms with E-state index in [2.05, 4.69) is 9.97 Å². The molecule has 11 heavy (non-hydrogen) atoms. The maximum absolute atomic E-state index is 5.53. The molecule has 0 unspecified atom stereocenters. The van der Waals surface area contributed by atoms with Gasteiger partial charge in [0, 0.05) is 24.7 Å². The van der Waals surface area contributed by atoms with Crippen LogP contribution in [0.25, 0.3) is 0 Å². The number of aromatic nitrogens is 2. The maximum Gasteiger partial charge on any atom is 0.128 e. The third-order valence-electron chi connectivity index (χ3n) is 1.40. The molecule has 0 N–H and O–H groups in total. The van der Waals surface area contributed by atoms with Crippen LogP contribution < -0.4 is 0 Å². The standard InChI is InChI=1S/C8H11ClN2/c9-5-2-1-4-8-10-6-3-7-11-8/h3,6-7H,1-2,4-5H2. The van der Waals surface area contributed by atoms with Crippen LogP contribution in [0, 0.1) is 0 Å². The van der Waals surface area contributed by atoms with Gasteiger partial charge in [-0.2, -0.15) is 0 Å². The van der Waals surface area contributed by atoms with Gasteiger partial charge >= 0.3 is 0 Å². The van der Waals surface area contributed by atoms with E-state index in [0.717, 1.165) is 31.0 Å². The smallest absolute Gasteiger partial charge is 0.128 e. The van der Waals surface area contributed by atoms with E-state index in [0.29, 0.717) is 0 Å². The van der Waals surface area contributed by atoms with E-state index in [1.165, 1.54) is 0 Å². The van der Waals surface area contributed by atoms with Crippen molar-refractivity contribution >= 4 is 11.6 Å². The first-order valence-corrected chi connectivity index (χ1v) is 4.29. The Morgan fingerprint density at radius 2 is 1.91 bits per heavy atom. The normalized spacial score (nSPS) is 9.91. The second-order valence-electron chi connectivity index (χ2n) is 2.31. The molecule has 0 aliphatic rings. The summed E-state index contributed by atoms with van der Waals surface area (Å²) in [6.45, 7) is 0. The highest BCUT2D eigenvalue weighted by atomic mass is 35.5. The molecule has 0 fully saturated rings. The minimum Gasteiger partial charge on any atom is -0.241 e. The third-order valence-corrected chi connectivity index (χ3v) is 1.67. The Morgan fingerprint density at radius 3 is 2.55 bits per heavy atom. The Morgan fingerprint density at radius 1 is 1.18 bits per heavy atom. The van der Waals surface area contributed by atoms with Crippen LogP contribution in [0.5, 0.6) is 0 Å². The Bertz CT molecular complexity index is 189. The molecule has 1 aromatic heterocycles. The Balaban J connectivity index is 2.28. The van der Waals surface area contributed by atoms with E-state index >= 15 is 0 Å². The third kappa shape index (κ3) is 3.33. The second-order valence-corrected chi connectivity index (χ2v) is 2.69. The average Bonchev–Trinajstić information content (AvgIpc) is 2.07. The number of nitrogens with zero attached hydrogens (tertiary/aromatic N) is 2. The first-order valence-electron chi connectivity index (χ1n) is 3.75. The number of halogens is 1. The van der Waals surface area contributed by atoms with Gasteiger partial charge < -0.3 is 0 Å². The van der Waals surface area contributed by atoms with Gasteiger partial charge in [0.15, 0.2) is 0 Å². The Labute approximate surface area is 71.6 Å². The summed E-state index contributed by atoms with van der Waals surface area (Å²) < 4.78 is 0. The molecule has 1 rings (SSSR count). The van der Waals surface area contributed by atoms with Crippen molar-refractivity contribution in [1.29, 1.82) is 0 Å². The SMILES string of the molecule is ClCCCCc1ncccn1. The summed E-state index contributed by atoms with van der Waals surface area (Å²) >= 11 is 5.53. The van der Waals surface area contributed by atoms with Gasteiger partial charge in [0.05, 0.1) is 0 Å². The lowest BCUT2D eigenvalue weighted by atomic mass is 10.2. The number of unbranched alkanes of at least 4 members (excludes halogenated alkanes) is 1. The van der Waals surface area contributed by atoms with Crippen LogP contribution in [0.15, 0.2) is 18.5 Å². The largest absolute Gasteiger partial charge is 0.241 e. The zero-order chi connectivity index (χ0) is 7.94. The molecule has 0 amide bonds. The molecule has 1 heterocycles. The Hall–Kier alpha value is -0.630. The van der Waals surface area contributed by atoms with Crippen molar-refractivity contribution in [3.05, 3.63) is 24.3 Å². The summed E-state index contributed by atoms with van der Waals surface area (Å²) in [4.78, 5) is 8.19. The van der Waals surface area contributed by atoms with Crippen molar-refractivity contribution in [2.24, 2.45) is 0 Å². The highest BCUT2D eigenvalue weighted by molar-refractivity contribution is 6.17. The molecule has 2 nitrogen and oxygen atoms in total. The van der Waals surface area contributed by atoms with E-state index in [1.54, 1.807) is 12.4 Å². The first-order chi connectivity index (χ1) is 5.43. The highest BCUT2D eigenvalue weighted by Crippen LogP contribution is 1.98. The molecule has 0 aromatic carbocycles. The number of rotatable bonds is 4. The zero-order valence-corrected chi connectivity index (χ0v) is 7.09. The lowest BCUT2D eigenvalue weighted by Crippen LogP contribution is -1.93. The predicted octanol–water partition coefficient (Wildman–Crippen LogP) is 2.04. The fourth-order valence-electron chi connectivity index (χ4n) is 0.837.